The van der Waals surface area contributed by atoms with Crippen molar-refractivity contribution in [3.05, 3.63) is 106 Å². The number of nitrogens with zero attached hydrogens (tertiary/aromatic N) is 1. The van der Waals surface area contributed by atoms with Crippen molar-refractivity contribution in [2.24, 2.45) is 0 Å². The molecule has 3 aromatic carbocycles. The van der Waals surface area contributed by atoms with E-state index in [0.717, 1.165) is 22.4 Å². The molecular formula is C29H34N2O2S. The minimum absolute atomic E-state index is 0.0274. The Labute approximate surface area is 207 Å². The monoisotopic (exact) mass is 474 g/mol. The molecule has 0 unspecified atom stereocenters. The van der Waals surface area contributed by atoms with Crippen LogP contribution in [0.4, 0.5) is 0 Å². The Bertz CT molecular complexity index is 1090. The van der Waals surface area contributed by atoms with Crippen molar-refractivity contribution >= 4 is 23.6 Å². The molecule has 0 radical (unpaired) electrons. The van der Waals surface area contributed by atoms with Crippen LogP contribution < -0.4 is 5.32 Å². The summed E-state index contributed by atoms with van der Waals surface area (Å²) >= 11 is 1.59. The van der Waals surface area contributed by atoms with Gasteiger partial charge in [0.2, 0.25) is 11.8 Å². The van der Waals surface area contributed by atoms with E-state index in [1.165, 1.54) is 16.7 Å². The van der Waals surface area contributed by atoms with Crippen LogP contribution in [0.25, 0.3) is 0 Å². The van der Waals surface area contributed by atoms with Crippen LogP contribution in [0.5, 0.6) is 0 Å². The van der Waals surface area contributed by atoms with Crippen LogP contribution in [-0.4, -0.2) is 35.6 Å². The fourth-order valence-electron chi connectivity index (χ4n) is 4.22. The molecule has 2 amide bonds. The zero-order chi connectivity index (χ0) is 24.5. The Morgan fingerprint density at radius 1 is 0.824 bits per heavy atom. The maximum Gasteiger partial charge on any atom is 0.242 e. The summed E-state index contributed by atoms with van der Waals surface area (Å²) in [6.07, 6.45) is 0.472. The fourth-order valence-corrected chi connectivity index (χ4v) is 5.06. The second-order valence-corrected chi connectivity index (χ2v) is 9.80. The quantitative estimate of drug-likeness (QED) is 0.438. The van der Waals surface area contributed by atoms with Crippen LogP contribution in [0.1, 0.15) is 33.4 Å². The first-order chi connectivity index (χ1) is 16.4. The molecule has 3 rings (SSSR count). The highest BCUT2D eigenvalue weighted by molar-refractivity contribution is 7.99. The van der Waals surface area contributed by atoms with E-state index >= 15 is 0 Å². The summed E-state index contributed by atoms with van der Waals surface area (Å²) in [6, 6.07) is 23.9. The second-order valence-electron chi connectivity index (χ2n) is 8.82. The third-order valence-electron chi connectivity index (χ3n) is 5.73. The number of amides is 2. The molecule has 0 aliphatic heterocycles. The van der Waals surface area contributed by atoms with Crippen molar-refractivity contribution < 1.29 is 9.59 Å². The van der Waals surface area contributed by atoms with Gasteiger partial charge in [0.05, 0.1) is 5.75 Å². The van der Waals surface area contributed by atoms with Crippen molar-refractivity contribution in [3.8, 4) is 0 Å². The van der Waals surface area contributed by atoms with Gasteiger partial charge in [0.1, 0.15) is 6.04 Å². The summed E-state index contributed by atoms with van der Waals surface area (Å²) in [5.41, 5.74) is 6.85. The largest absolute Gasteiger partial charge is 0.357 e. The molecule has 3 aromatic rings. The Kier molecular flexibility index (Phi) is 9.34. The van der Waals surface area contributed by atoms with E-state index in [1.54, 1.807) is 23.7 Å². The fraction of sp³-hybridized carbons (Fsp3) is 0.310. The Hall–Kier alpha value is -3.05. The summed E-state index contributed by atoms with van der Waals surface area (Å²) in [7, 11) is 1.63. The first-order valence-electron chi connectivity index (χ1n) is 11.6. The molecule has 0 spiro atoms. The normalized spacial score (nSPS) is 11.6. The minimum Gasteiger partial charge on any atom is -0.357 e. The first-order valence-corrected chi connectivity index (χ1v) is 12.8. The van der Waals surface area contributed by atoms with Gasteiger partial charge in [-0.3, -0.25) is 9.59 Å². The van der Waals surface area contributed by atoms with Gasteiger partial charge in [-0.15, -0.1) is 11.8 Å². The molecular weight excluding hydrogens is 440 g/mol. The van der Waals surface area contributed by atoms with Gasteiger partial charge in [0.15, 0.2) is 0 Å². The van der Waals surface area contributed by atoms with E-state index < -0.39 is 6.04 Å². The van der Waals surface area contributed by atoms with Crippen LogP contribution in [0.2, 0.25) is 0 Å². The summed E-state index contributed by atoms with van der Waals surface area (Å²) in [6.45, 7) is 6.62. The molecule has 0 saturated heterocycles. The number of benzene rings is 3. The van der Waals surface area contributed by atoms with Gasteiger partial charge < -0.3 is 10.2 Å². The Balaban J connectivity index is 1.81. The lowest BCUT2D eigenvalue weighted by atomic mass is 10.0. The first kappa shape index (κ1) is 25.6. The molecule has 0 aromatic heterocycles. The maximum absolute atomic E-state index is 13.5. The van der Waals surface area contributed by atoms with E-state index in [1.807, 2.05) is 55.5 Å². The zero-order valence-electron chi connectivity index (χ0n) is 20.5. The van der Waals surface area contributed by atoms with Crippen LogP contribution in [-0.2, 0) is 28.3 Å². The summed E-state index contributed by atoms with van der Waals surface area (Å²) in [4.78, 5) is 28.3. The number of thioether (sulfide) groups is 1. The van der Waals surface area contributed by atoms with E-state index in [0.29, 0.717) is 18.7 Å². The number of aryl methyl sites for hydroxylation is 3. The highest BCUT2D eigenvalue weighted by Gasteiger charge is 2.29. The van der Waals surface area contributed by atoms with E-state index in [4.69, 9.17) is 0 Å². The third kappa shape index (κ3) is 7.49. The van der Waals surface area contributed by atoms with Crippen LogP contribution in [0, 0.1) is 20.8 Å². The molecule has 0 fully saturated rings. The number of carbonyl (C=O) groups excluding carboxylic acids is 2. The molecule has 0 bridgehead atoms. The number of carbonyl (C=O) groups is 2. The highest BCUT2D eigenvalue weighted by atomic mass is 32.2. The van der Waals surface area contributed by atoms with Crippen LogP contribution >= 0.6 is 11.8 Å². The predicted octanol–water partition coefficient (Wildman–Crippen LogP) is 5.23. The summed E-state index contributed by atoms with van der Waals surface area (Å²) in [5.74, 6) is 0.904. The second kappa shape index (κ2) is 12.4. The topological polar surface area (TPSA) is 49.4 Å². The number of hydrogen-bond acceptors (Lipinski definition) is 3. The van der Waals surface area contributed by atoms with Gasteiger partial charge in [-0.1, -0.05) is 89.5 Å². The number of nitrogens with one attached hydrogen (secondary N) is 1. The summed E-state index contributed by atoms with van der Waals surface area (Å²) in [5, 5.41) is 2.77. The lowest BCUT2D eigenvalue weighted by Crippen LogP contribution is -2.50. The number of likely N-dealkylation sites (N-methyl/N-ethyl adjacent to an activating group) is 1. The molecule has 0 saturated carbocycles. The molecule has 0 heterocycles. The van der Waals surface area contributed by atoms with Gasteiger partial charge in [-0.25, -0.2) is 0 Å². The van der Waals surface area contributed by atoms with Crippen LogP contribution in [0.15, 0.2) is 72.8 Å². The van der Waals surface area contributed by atoms with Gasteiger partial charge >= 0.3 is 0 Å². The SMILES string of the molecule is CNC(=O)[C@@H](Cc1ccccc1)N(Cc1cccc(C)c1)C(=O)CSCc1cc(C)cc(C)c1. The van der Waals surface area contributed by atoms with Crippen molar-refractivity contribution in [2.75, 3.05) is 12.8 Å². The lowest BCUT2D eigenvalue weighted by Gasteiger charge is -2.31. The molecule has 0 aliphatic rings. The molecule has 5 heteroatoms. The maximum atomic E-state index is 13.5. The lowest BCUT2D eigenvalue weighted by molar-refractivity contribution is -0.139. The van der Waals surface area contributed by atoms with Crippen molar-refractivity contribution in [1.82, 2.24) is 10.2 Å². The molecule has 4 nitrogen and oxygen atoms in total. The predicted molar refractivity (Wildman–Crippen MR) is 142 cm³/mol. The third-order valence-corrected chi connectivity index (χ3v) is 6.72. The Morgan fingerprint density at radius 2 is 1.47 bits per heavy atom. The van der Waals surface area contributed by atoms with Gasteiger partial charge in [0.25, 0.3) is 0 Å². The average molecular weight is 475 g/mol. The molecule has 0 aliphatic carbocycles. The molecule has 1 N–H and O–H groups in total. The zero-order valence-corrected chi connectivity index (χ0v) is 21.3. The number of hydrogen-bond donors (Lipinski definition) is 1. The van der Waals surface area contributed by atoms with Gasteiger partial charge in [-0.2, -0.15) is 0 Å². The smallest absolute Gasteiger partial charge is 0.242 e. The average Bonchev–Trinajstić information content (AvgIpc) is 2.81. The van der Waals surface area contributed by atoms with Crippen molar-refractivity contribution in [3.63, 3.8) is 0 Å². The molecule has 34 heavy (non-hydrogen) atoms. The summed E-state index contributed by atoms with van der Waals surface area (Å²) < 4.78 is 0. The highest BCUT2D eigenvalue weighted by Crippen LogP contribution is 2.20. The van der Waals surface area contributed by atoms with E-state index in [9.17, 15) is 9.59 Å². The van der Waals surface area contributed by atoms with Gasteiger partial charge in [-0.05, 0) is 37.5 Å². The van der Waals surface area contributed by atoms with Crippen LogP contribution in [0.3, 0.4) is 0 Å². The Morgan fingerprint density at radius 3 is 2.12 bits per heavy atom. The molecule has 1 atom stereocenters. The van der Waals surface area contributed by atoms with Gasteiger partial charge in [0, 0.05) is 25.8 Å². The standard InChI is InChI=1S/C29H34N2O2S/c1-21-9-8-12-25(14-21)18-31(27(29(33)30-4)17-24-10-6-5-7-11-24)28(32)20-34-19-26-15-22(2)13-23(3)16-26/h5-16,27H,17-20H2,1-4H3,(H,30,33)/t27-/m1/s1. The molecule has 178 valence electrons. The van der Waals surface area contributed by atoms with Crippen molar-refractivity contribution in [1.29, 1.82) is 0 Å². The van der Waals surface area contributed by atoms with E-state index in [2.05, 4.69) is 43.4 Å². The number of rotatable bonds is 10. The minimum atomic E-state index is -0.581. The van der Waals surface area contributed by atoms with Crippen molar-refractivity contribution in [2.45, 2.75) is 45.5 Å². The van der Waals surface area contributed by atoms with E-state index in [-0.39, 0.29) is 11.8 Å².